The third-order valence-electron chi connectivity index (χ3n) is 5.97. The van der Waals surface area contributed by atoms with E-state index in [0.29, 0.717) is 11.8 Å². The summed E-state index contributed by atoms with van der Waals surface area (Å²) in [6, 6.07) is 6.63. The molecule has 4 heteroatoms. The minimum absolute atomic E-state index is 0.288. The maximum Gasteiger partial charge on any atom is 0.165 e. The highest BCUT2D eigenvalue weighted by atomic mass is 19.1. The first kappa shape index (κ1) is 16.7. The molecule has 0 N–H and O–H groups in total. The third-order valence-corrected chi connectivity index (χ3v) is 5.97. The minimum atomic E-state index is -0.288. The van der Waals surface area contributed by atoms with E-state index in [0.717, 1.165) is 30.0 Å². The molecule has 2 aliphatic rings. The second-order valence-corrected chi connectivity index (χ2v) is 7.62. The van der Waals surface area contributed by atoms with Crippen molar-refractivity contribution < 1.29 is 9.13 Å². The van der Waals surface area contributed by atoms with Gasteiger partial charge in [0.25, 0.3) is 0 Å². The highest BCUT2D eigenvalue weighted by Crippen LogP contribution is 2.46. The van der Waals surface area contributed by atoms with Crippen LogP contribution in [0.1, 0.15) is 31.2 Å². The van der Waals surface area contributed by atoms with Gasteiger partial charge in [-0.3, -0.25) is 4.90 Å². The van der Waals surface area contributed by atoms with Gasteiger partial charge in [0.15, 0.2) is 11.6 Å². The average molecular weight is 320 g/mol. The summed E-state index contributed by atoms with van der Waals surface area (Å²) >= 11 is 0. The van der Waals surface area contributed by atoms with Crippen molar-refractivity contribution >= 4 is 0 Å². The van der Waals surface area contributed by atoms with Gasteiger partial charge in [0.2, 0.25) is 0 Å². The second kappa shape index (κ2) is 6.78. The Bertz CT molecular complexity index is 534. The van der Waals surface area contributed by atoms with Crippen LogP contribution in [0.2, 0.25) is 0 Å². The van der Waals surface area contributed by atoms with Crippen LogP contribution < -0.4 is 4.74 Å². The van der Waals surface area contributed by atoms with Gasteiger partial charge in [-0.25, -0.2) is 4.39 Å². The third kappa shape index (κ3) is 3.53. The molecule has 0 aromatic heterocycles. The largest absolute Gasteiger partial charge is 0.494 e. The summed E-state index contributed by atoms with van der Waals surface area (Å²) in [6.45, 7) is 0.859. The molecule has 1 aromatic rings. The first-order valence-corrected chi connectivity index (χ1v) is 8.67. The zero-order valence-corrected chi connectivity index (χ0v) is 14.8. The highest BCUT2D eigenvalue weighted by molar-refractivity contribution is 5.30. The van der Waals surface area contributed by atoms with Gasteiger partial charge in [0, 0.05) is 18.6 Å². The molecule has 0 aliphatic heterocycles. The smallest absolute Gasteiger partial charge is 0.165 e. The molecule has 128 valence electrons. The van der Waals surface area contributed by atoms with Gasteiger partial charge in [0.1, 0.15) is 0 Å². The van der Waals surface area contributed by atoms with Crippen LogP contribution in [0, 0.1) is 17.7 Å². The number of hydrogen-bond donors (Lipinski definition) is 0. The van der Waals surface area contributed by atoms with E-state index in [-0.39, 0.29) is 5.82 Å². The Morgan fingerprint density at radius 3 is 2.22 bits per heavy atom. The van der Waals surface area contributed by atoms with Gasteiger partial charge in [-0.2, -0.15) is 0 Å². The summed E-state index contributed by atoms with van der Waals surface area (Å²) in [7, 11) is 8.13. The molecule has 4 atom stereocenters. The van der Waals surface area contributed by atoms with Crippen LogP contribution in [-0.2, 0) is 6.54 Å². The van der Waals surface area contributed by atoms with E-state index in [1.54, 1.807) is 0 Å². The molecule has 2 fully saturated rings. The van der Waals surface area contributed by atoms with Crippen LogP contribution in [0.4, 0.5) is 4.39 Å². The Kier molecular flexibility index (Phi) is 4.93. The van der Waals surface area contributed by atoms with Crippen molar-refractivity contribution in [1.82, 2.24) is 9.80 Å². The van der Waals surface area contributed by atoms with Crippen molar-refractivity contribution in [2.24, 2.45) is 11.8 Å². The van der Waals surface area contributed by atoms with Crippen molar-refractivity contribution in [3.63, 3.8) is 0 Å². The summed E-state index contributed by atoms with van der Waals surface area (Å²) < 4.78 is 18.6. The molecule has 0 radical (unpaired) electrons. The van der Waals surface area contributed by atoms with Gasteiger partial charge in [-0.05, 0) is 76.4 Å². The molecule has 3 nitrogen and oxygen atoms in total. The van der Waals surface area contributed by atoms with Crippen LogP contribution in [0.3, 0.4) is 0 Å². The fraction of sp³-hybridized carbons (Fsp3) is 0.684. The van der Waals surface area contributed by atoms with E-state index in [1.807, 2.05) is 12.1 Å². The van der Waals surface area contributed by atoms with Crippen molar-refractivity contribution in [2.45, 2.75) is 44.3 Å². The molecule has 3 rings (SSSR count). The Hall–Kier alpha value is -1.13. The average Bonchev–Trinajstić information content (AvgIpc) is 3.07. The number of halogens is 1. The lowest BCUT2D eigenvalue weighted by Crippen LogP contribution is -2.31. The molecule has 0 amide bonds. The van der Waals surface area contributed by atoms with E-state index >= 15 is 0 Å². The fourth-order valence-corrected chi connectivity index (χ4v) is 4.55. The SMILES string of the molecule is COc1cc(CN(C)C2C[C@H]3CC(N(C)C)C[C@H]3C2)ccc1F. The zero-order chi connectivity index (χ0) is 16.6. The van der Waals surface area contributed by atoms with E-state index in [4.69, 9.17) is 4.74 Å². The Labute approximate surface area is 139 Å². The van der Waals surface area contributed by atoms with Crippen molar-refractivity contribution in [1.29, 1.82) is 0 Å². The summed E-state index contributed by atoms with van der Waals surface area (Å²) in [5.74, 6) is 1.83. The molecule has 1 aromatic carbocycles. The van der Waals surface area contributed by atoms with Crippen LogP contribution >= 0.6 is 0 Å². The van der Waals surface area contributed by atoms with Crippen molar-refractivity contribution in [3.8, 4) is 5.75 Å². The Morgan fingerprint density at radius 2 is 1.65 bits per heavy atom. The van der Waals surface area contributed by atoms with Crippen LogP contribution in [0.5, 0.6) is 5.75 Å². The van der Waals surface area contributed by atoms with E-state index in [1.165, 1.54) is 38.9 Å². The van der Waals surface area contributed by atoms with Crippen molar-refractivity contribution in [3.05, 3.63) is 29.6 Å². The van der Waals surface area contributed by atoms with E-state index < -0.39 is 0 Å². The maximum atomic E-state index is 13.5. The fourth-order valence-electron chi connectivity index (χ4n) is 4.55. The lowest BCUT2D eigenvalue weighted by Gasteiger charge is -2.27. The molecular formula is C19H29FN2O. The van der Waals surface area contributed by atoms with Crippen molar-refractivity contribution in [2.75, 3.05) is 28.3 Å². The number of nitrogens with zero attached hydrogens (tertiary/aromatic N) is 2. The molecule has 23 heavy (non-hydrogen) atoms. The number of ether oxygens (including phenoxy) is 1. The predicted molar refractivity (Wildman–Crippen MR) is 91.1 cm³/mol. The Morgan fingerprint density at radius 1 is 1.04 bits per heavy atom. The van der Waals surface area contributed by atoms with Crippen LogP contribution in [0.25, 0.3) is 0 Å². The maximum absolute atomic E-state index is 13.5. The summed E-state index contributed by atoms with van der Waals surface area (Å²) in [4.78, 5) is 4.83. The first-order chi connectivity index (χ1) is 11.0. The minimum Gasteiger partial charge on any atom is -0.494 e. The van der Waals surface area contributed by atoms with Gasteiger partial charge in [0.05, 0.1) is 7.11 Å². The number of methoxy groups -OCH3 is 1. The molecular weight excluding hydrogens is 291 g/mol. The number of rotatable bonds is 5. The first-order valence-electron chi connectivity index (χ1n) is 8.67. The quantitative estimate of drug-likeness (QED) is 0.827. The molecule has 0 spiro atoms. The number of fused-ring (bicyclic) bond motifs is 1. The number of hydrogen-bond acceptors (Lipinski definition) is 3. The van der Waals surface area contributed by atoms with Gasteiger partial charge < -0.3 is 9.64 Å². The molecule has 2 saturated carbocycles. The standard InChI is InChI=1S/C19H29FN2O/c1-21(2)16-8-14-10-17(11-15(14)9-16)22(3)12-13-5-6-18(20)19(7-13)23-4/h5-7,14-17H,8-12H2,1-4H3/t14-,15+,16?,17?. The molecule has 2 unspecified atom stereocenters. The summed E-state index contributed by atoms with van der Waals surface area (Å²) in [5, 5.41) is 0. The van der Waals surface area contributed by atoms with E-state index in [2.05, 4.69) is 30.9 Å². The van der Waals surface area contributed by atoms with Crippen LogP contribution in [0.15, 0.2) is 18.2 Å². The lowest BCUT2D eigenvalue weighted by molar-refractivity contribution is 0.212. The van der Waals surface area contributed by atoms with Gasteiger partial charge >= 0.3 is 0 Å². The van der Waals surface area contributed by atoms with Gasteiger partial charge in [-0.1, -0.05) is 6.07 Å². The zero-order valence-electron chi connectivity index (χ0n) is 14.8. The molecule has 2 aliphatic carbocycles. The Balaban J connectivity index is 1.57. The second-order valence-electron chi connectivity index (χ2n) is 7.62. The summed E-state index contributed by atoms with van der Waals surface area (Å²) in [5.41, 5.74) is 1.12. The molecule has 0 heterocycles. The summed E-state index contributed by atoms with van der Waals surface area (Å²) in [6.07, 6.45) is 5.33. The highest BCUT2D eigenvalue weighted by Gasteiger charge is 2.43. The number of benzene rings is 1. The topological polar surface area (TPSA) is 15.7 Å². The van der Waals surface area contributed by atoms with E-state index in [9.17, 15) is 4.39 Å². The van der Waals surface area contributed by atoms with Crippen LogP contribution in [-0.4, -0.2) is 50.1 Å². The predicted octanol–water partition coefficient (Wildman–Crippen LogP) is 3.38. The lowest BCUT2D eigenvalue weighted by atomic mass is 10.0. The normalized spacial score (nSPS) is 30.2. The molecule has 0 bridgehead atoms. The van der Waals surface area contributed by atoms with Gasteiger partial charge in [-0.15, -0.1) is 0 Å². The molecule has 0 saturated heterocycles. The monoisotopic (exact) mass is 320 g/mol.